The van der Waals surface area contributed by atoms with Gasteiger partial charge in [0.1, 0.15) is 5.75 Å². The van der Waals surface area contributed by atoms with E-state index >= 15 is 0 Å². The molecule has 0 atom stereocenters. The maximum absolute atomic E-state index is 12.2. The Morgan fingerprint density at radius 2 is 1.96 bits per heavy atom. The van der Waals surface area contributed by atoms with Crippen LogP contribution >= 0.6 is 0 Å². The lowest BCUT2D eigenvalue weighted by Gasteiger charge is -2.10. The van der Waals surface area contributed by atoms with Crippen LogP contribution in [-0.4, -0.2) is 39.3 Å². The molecule has 0 aliphatic rings. The van der Waals surface area contributed by atoms with Gasteiger partial charge in [0.15, 0.2) is 9.84 Å². The van der Waals surface area contributed by atoms with E-state index in [0.29, 0.717) is 19.6 Å². The zero-order valence-corrected chi connectivity index (χ0v) is 15.2. The Morgan fingerprint density at radius 3 is 2.61 bits per heavy atom. The van der Waals surface area contributed by atoms with E-state index in [1.165, 1.54) is 0 Å². The van der Waals surface area contributed by atoms with E-state index in [4.69, 9.17) is 4.74 Å². The molecular weight excluding hydrogens is 314 g/mol. The third kappa shape index (κ3) is 8.13. The molecule has 0 bridgehead atoms. The van der Waals surface area contributed by atoms with Crippen molar-refractivity contribution in [2.45, 2.75) is 46.0 Å². The predicted octanol–water partition coefficient (Wildman–Crippen LogP) is 2.15. The average molecular weight is 341 g/mol. The van der Waals surface area contributed by atoms with Crippen LogP contribution in [-0.2, 0) is 25.1 Å². The second-order valence-corrected chi connectivity index (χ2v) is 8.15. The van der Waals surface area contributed by atoms with E-state index in [9.17, 15) is 13.2 Å². The molecule has 1 aromatic carbocycles. The molecule has 130 valence electrons. The number of benzene rings is 1. The van der Waals surface area contributed by atoms with Crippen LogP contribution in [0.15, 0.2) is 18.2 Å². The maximum Gasteiger partial charge on any atom is 0.235 e. The van der Waals surface area contributed by atoms with Crippen molar-refractivity contribution in [2.75, 3.05) is 18.9 Å². The van der Waals surface area contributed by atoms with Crippen LogP contribution in [0.1, 0.15) is 37.0 Å². The van der Waals surface area contributed by atoms with Crippen molar-refractivity contribution >= 4 is 15.7 Å². The number of hydrogen-bond donors (Lipinski definition) is 1. The lowest BCUT2D eigenvalue weighted by molar-refractivity contribution is -0.118. The first-order valence-corrected chi connectivity index (χ1v) is 9.66. The van der Waals surface area contributed by atoms with Gasteiger partial charge in [0, 0.05) is 13.2 Å². The monoisotopic (exact) mass is 341 g/mol. The summed E-state index contributed by atoms with van der Waals surface area (Å²) >= 11 is 0. The van der Waals surface area contributed by atoms with Gasteiger partial charge in [0.2, 0.25) is 5.91 Å². The summed E-state index contributed by atoms with van der Waals surface area (Å²) in [5.74, 6) is -1.05. The molecule has 5 nitrogen and oxygen atoms in total. The summed E-state index contributed by atoms with van der Waals surface area (Å²) in [5.41, 5.74) is 2.68. The molecule has 1 rings (SSSR count). The van der Waals surface area contributed by atoms with Gasteiger partial charge in [0.25, 0.3) is 0 Å². The van der Waals surface area contributed by atoms with Crippen LogP contribution in [0.25, 0.3) is 0 Å². The van der Waals surface area contributed by atoms with Gasteiger partial charge in [-0.15, -0.1) is 0 Å². The molecule has 1 N–H and O–H groups in total. The van der Waals surface area contributed by atoms with E-state index < -0.39 is 21.5 Å². The van der Waals surface area contributed by atoms with Gasteiger partial charge in [-0.2, -0.15) is 0 Å². The summed E-state index contributed by atoms with van der Waals surface area (Å²) in [4.78, 5) is 11.8. The molecule has 0 unspecified atom stereocenters. The summed E-state index contributed by atoms with van der Waals surface area (Å²) in [5, 5.41) is 2.63. The van der Waals surface area contributed by atoms with Crippen molar-refractivity contribution in [3.63, 3.8) is 0 Å². The molecule has 6 heteroatoms. The Bertz CT molecular complexity index is 623. The number of carbonyl (C=O) groups is 1. The fourth-order valence-corrected chi connectivity index (χ4v) is 3.50. The van der Waals surface area contributed by atoms with Crippen LogP contribution in [0.5, 0.6) is 0 Å². The minimum Gasteiger partial charge on any atom is -0.379 e. The Balaban J connectivity index is 2.45. The third-order valence-corrected chi connectivity index (χ3v) is 4.78. The van der Waals surface area contributed by atoms with Crippen LogP contribution in [0.4, 0.5) is 0 Å². The van der Waals surface area contributed by atoms with Crippen molar-refractivity contribution in [1.29, 1.82) is 0 Å². The largest absolute Gasteiger partial charge is 0.379 e. The first kappa shape index (κ1) is 19.6. The van der Waals surface area contributed by atoms with Gasteiger partial charge in [-0.3, -0.25) is 4.79 Å². The topological polar surface area (TPSA) is 72.5 Å². The van der Waals surface area contributed by atoms with Gasteiger partial charge in [0.05, 0.1) is 11.9 Å². The highest BCUT2D eigenvalue weighted by molar-refractivity contribution is 7.91. The number of aryl methyl sites for hydroxylation is 2. The van der Waals surface area contributed by atoms with Gasteiger partial charge in [-0.25, -0.2) is 8.42 Å². The first-order valence-electron chi connectivity index (χ1n) is 7.84. The number of amides is 1. The van der Waals surface area contributed by atoms with Crippen molar-refractivity contribution in [3.8, 4) is 0 Å². The highest BCUT2D eigenvalue weighted by Gasteiger charge is 2.18. The molecule has 0 saturated carbocycles. The fourth-order valence-electron chi connectivity index (χ4n) is 2.11. The molecular formula is C17H27NO4S. The fraction of sp³-hybridized carbons (Fsp3) is 0.588. The van der Waals surface area contributed by atoms with Gasteiger partial charge in [-0.1, -0.05) is 23.8 Å². The van der Waals surface area contributed by atoms with Crippen molar-refractivity contribution in [3.05, 3.63) is 34.9 Å². The van der Waals surface area contributed by atoms with Gasteiger partial charge < -0.3 is 10.1 Å². The predicted molar refractivity (Wildman–Crippen MR) is 92.1 cm³/mol. The minimum atomic E-state index is -3.47. The van der Waals surface area contributed by atoms with Crippen LogP contribution in [0, 0.1) is 13.8 Å². The number of hydrogen-bond acceptors (Lipinski definition) is 4. The second-order valence-electron chi connectivity index (χ2n) is 6.09. The molecule has 0 aliphatic heterocycles. The molecule has 0 fully saturated rings. The number of nitrogens with one attached hydrogen (secondary N) is 1. The number of rotatable bonds is 9. The maximum atomic E-state index is 12.2. The van der Waals surface area contributed by atoms with Crippen molar-refractivity contribution in [1.82, 2.24) is 5.32 Å². The molecule has 0 aromatic heterocycles. The Morgan fingerprint density at radius 1 is 1.26 bits per heavy atom. The van der Waals surface area contributed by atoms with Gasteiger partial charge in [-0.05, 0) is 45.2 Å². The summed E-state index contributed by atoms with van der Waals surface area (Å²) in [6, 6.07) is 5.69. The van der Waals surface area contributed by atoms with E-state index in [2.05, 4.69) is 5.32 Å². The number of carbonyl (C=O) groups excluding carboxylic acids is 1. The summed E-state index contributed by atoms with van der Waals surface area (Å²) in [7, 11) is -3.47. The van der Waals surface area contributed by atoms with E-state index in [0.717, 1.165) is 16.7 Å². The highest BCUT2D eigenvalue weighted by Crippen LogP contribution is 2.14. The Hall–Kier alpha value is -1.40. The SMILES string of the molecule is Cc1ccc(C)c(CS(=O)(=O)CC(=O)NCCCOC(C)C)c1. The quantitative estimate of drug-likeness (QED) is 0.699. The molecule has 0 radical (unpaired) electrons. The van der Waals surface area contributed by atoms with Crippen molar-refractivity contribution < 1.29 is 17.9 Å². The van der Waals surface area contributed by atoms with E-state index in [1.54, 1.807) is 0 Å². The lowest BCUT2D eigenvalue weighted by atomic mass is 10.1. The van der Waals surface area contributed by atoms with Crippen LogP contribution in [0.2, 0.25) is 0 Å². The molecule has 0 saturated heterocycles. The molecule has 23 heavy (non-hydrogen) atoms. The molecule has 0 aliphatic carbocycles. The number of ether oxygens (including phenoxy) is 1. The molecule has 1 amide bonds. The van der Waals surface area contributed by atoms with E-state index in [-0.39, 0.29) is 11.9 Å². The number of sulfone groups is 1. The molecule has 1 aromatic rings. The summed E-state index contributed by atoms with van der Waals surface area (Å²) in [6.45, 7) is 8.65. The summed E-state index contributed by atoms with van der Waals surface area (Å²) < 4.78 is 29.7. The Labute approximate surface area is 139 Å². The highest BCUT2D eigenvalue weighted by atomic mass is 32.2. The standard InChI is InChI=1S/C17H27NO4S/c1-13(2)22-9-5-8-18-17(19)12-23(20,21)11-16-10-14(3)6-7-15(16)4/h6-7,10,13H,5,8-9,11-12H2,1-4H3,(H,18,19). The lowest BCUT2D eigenvalue weighted by Crippen LogP contribution is -2.32. The van der Waals surface area contributed by atoms with E-state index in [1.807, 2.05) is 45.9 Å². The zero-order chi connectivity index (χ0) is 17.5. The van der Waals surface area contributed by atoms with Crippen LogP contribution in [0.3, 0.4) is 0 Å². The zero-order valence-electron chi connectivity index (χ0n) is 14.4. The minimum absolute atomic E-state index is 0.107. The third-order valence-electron chi connectivity index (χ3n) is 3.33. The molecule has 0 spiro atoms. The second kappa shape index (κ2) is 9.03. The van der Waals surface area contributed by atoms with Crippen LogP contribution < -0.4 is 5.32 Å². The van der Waals surface area contributed by atoms with Crippen molar-refractivity contribution in [2.24, 2.45) is 0 Å². The summed E-state index contributed by atoms with van der Waals surface area (Å²) in [6.07, 6.45) is 0.824. The molecule has 0 heterocycles. The normalized spacial score (nSPS) is 11.7. The Kier molecular flexibility index (Phi) is 7.72. The first-order chi connectivity index (χ1) is 10.7. The van der Waals surface area contributed by atoms with Gasteiger partial charge >= 0.3 is 0 Å². The average Bonchev–Trinajstić information content (AvgIpc) is 2.41. The smallest absolute Gasteiger partial charge is 0.235 e.